The number of rotatable bonds is 6. The number of aryl methyl sites for hydroxylation is 1. The normalized spacial score (nSPS) is 25.9. The van der Waals surface area contributed by atoms with Gasteiger partial charge in [-0.15, -0.1) is 0 Å². The number of ether oxygens (including phenoxy) is 2. The van der Waals surface area contributed by atoms with Gasteiger partial charge in [-0.25, -0.2) is 22.2 Å². The number of nitrogens with one attached hydrogen (secondary N) is 1. The summed E-state index contributed by atoms with van der Waals surface area (Å²) < 4.78 is 67.7. The second kappa shape index (κ2) is 10.7. The fraction of sp³-hybridized carbons (Fsp3) is 0.545. The van der Waals surface area contributed by atoms with E-state index in [1.54, 1.807) is 7.05 Å². The highest BCUT2D eigenvalue weighted by Gasteiger charge is 2.43. The van der Waals surface area contributed by atoms with E-state index >= 15 is 0 Å². The minimum absolute atomic E-state index is 0.00334. The number of carbonyl (C=O) groups is 1. The Bertz CT molecular complexity index is 1140. The molecule has 4 atom stereocenters. The van der Waals surface area contributed by atoms with Crippen LogP contribution in [0.15, 0.2) is 35.7 Å². The Labute approximate surface area is 201 Å². The SMILES string of the molecule is Cn1cnc(S(=O)(=O)N2C[C@@H](O)COC[C@H]3O[C@H](CC(=O)NCc4cc(F)cc(F)c4)CC[C@@H]32)c1. The Hall–Kier alpha value is -2.45. The van der Waals surface area contributed by atoms with E-state index in [1.165, 1.54) is 21.4 Å². The molecule has 2 saturated heterocycles. The molecule has 0 unspecified atom stereocenters. The van der Waals surface area contributed by atoms with E-state index in [0.717, 1.165) is 18.2 Å². The van der Waals surface area contributed by atoms with Crippen molar-refractivity contribution in [2.75, 3.05) is 19.8 Å². The summed E-state index contributed by atoms with van der Waals surface area (Å²) >= 11 is 0. The molecule has 2 aliphatic heterocycles. The highest BCUT2D eigenvalue weighted by atomic mass is 32.2. The molecular weight excluding hydrogens is 486 g/mol. The fourth-order valence-electron chi connectivity index (χ4n) is 4.41. The third kappa shape index (κ3) is 6.22. The summed E-state index contributed by atoms with van der Waals surface area (Å²) in [5.41, 5.74) is 0.294. The van der Waals surface area contributed by atoms with Crippen LogP contribution in [-0.4, -0.2) is 77.4 Å². The lowest BCUT2D eigenvalue weighted by Crippen LogP contribution is -2.57. The molecule has 4 rings (SSSR count). The first kappa shape index (κ1) is 25.6. The molecule has 0 bridgehead atoms. The van der Waals surface area contributed by atoms with Crippen LogP contribution >= 0.6 is 0 Å². The van der Waals surface area contributed by atoms with Crippen LogP contribution in [-0.2, 0) is 37.9 Å². The Morgan fingerprint density at radius 3 is 2.66 bits per heavy atom. The summed E-state index contributed by atoms with van der Waals surface area (Å²) in [6, 6.07) is 2.43. The number of aromatic nitrogens is 2. The van der Waals surface area contributed by atoms with Gasteiger partial charge >= 0.3 is 0 Å². The summed E-state index contributed by atoms with van der Waals surface area (Å²) in [7, 11) is -2.34. The Morgan fingerprint density at radius 2 is 1.97 bits per heavy atom. The maximum atomic E-state index is 13.3. The molecule has 2 aromatic rings. The predicted octanol–water partition coefficient (Wildman–Crippen LogP) is 0.703. The van der Waals surface area contributed by atoms with Gasteiger partial charge in [-0.1, -0.05) is 0 Å². The third-order valence-electron chi connectivity index (χ3n) is 6.01. The van der Waals surface area contributed by atoms with Crippen molar-refractivity contribution >= 4 is 15.9 Å². The molecule has 1 aromatic heterocycles. The van der Waals surface area contributed by atoms with E-state index < -0.39 is 46.0 Å². The predicted molar refractivity (Wildman–Crippen MR) is 118 cm³/mol. The number of carbonyl (C=O) groups excluding carboxylic acids is 1. The number of fused-ring (bicyclic) bond motifs is 1. The molecule has 13 heteroatoms. The minimum atomic E-state index is -4.01. The van der Waals surface area contributed by atoms with Crippen molar-refractivity contribution in [1.82, 2.24) is 19.2 Å². The molecule has 1 aromatic carbocycles. The number of hydrogen-bond acceptors (Lipinski definition) is 7. The van der Waals surface area contributed by atoms with Crippen LogP contribution in [0, 0.1) is 11.6 Å². The van der Waals surface area contributed by atoms with Gasteiger partial charge in [0.15, 0.2) is 5.03 Å². The second-order valence-electron chi connectivity index (χ2n) is 8.84. The number of nitrogens with zero attached hydrogens (tertiary/aromatic N) is 3. The molecule has 3 heterocycles. The molecule has 0 saturated carbocycles. The van der Waals surface area contributed by atoms with Crippen LogP contribution in [0.4, 0.5) is 8.78 Å². The Balaban J connectivity index is 1.41. The Kier molecular flexibility index (Phi) is 7.81. The first-order valence-corrected chi connectivity index (χ1v) is 12.7. The summed E-state index contributed by atoms with van der Waals surface area (Å²) in [6.45, 7) is -0.213. The van der Waals surface area contributed by atoms with Gasteiger partial charge in [0, 0.05) is 32.4 Å². The monoisotopic (exact) mass is 514 g/mol. The molecule has 2 aliphatic rings. The fourth-order valence-corrected chi connectivity index (χ4v) is 6.09. The largest absolute Gasteiger partial charge is 0.389 e. The van der Waals surface area contributed by atoms with Crippen molar-refractivity contribution in [2.24, 2.45) is 7.05 Å². The van der Waals surface area contributed by atoms with Crippen molar-refractivity contribution in [3.63, 3.8) is 0 Å². The smallest absolute Gasteiger partial charge is 0.262 e. The lowest BCUT2D eigenvalue weighted by Gasteiger charge is -2.43. The molecule has 2 fully saturated rings. The van der Waals surface area contributed by atoms with Crippen LogP contribution < -0.4 is 5.32 Å². The van der Waals surface area contributed by atoms with Crippen molar-refractivity contribution in [2.45, 2.75) is 55.2 Å². The lowest BCUT2D eigenvalue weighted by atomic mass is 9.96. The van der Waals surface area contributed by atoms with Crippen molar-refractivity contribution < 1.29 is 36.6 Å². The van der Waals surface area contributed by atoms with Gasteiger partial charge in [0.1, 0.15) is 11.6 Å². The average molecular weight is 515 g/mol. The first-order valence-electron chi connectivity index (χ1n) is 11.2. The number of imidazole rings is 1. The van der Waals surface area contributed by atoms with Crippen LogP contribution in [0.3, 0.4) is 0 Å². The number of halogens is 2. The van der Waals surface area contributed by atoms with Crippen LogP contribution in [0.1, 0.15) is 24.8 Å². The zero-order valence-corrected chi connectivity index (χ0v) is 20.0. The van der Waals surface area contributed by atoms with E-state index in [2.05, 4.69) is 10.3 Å². The molecular formula is C22H28F2N4O6S. The minimum Gasteiger partial charge on any atom is -0.389 e. The van der Waals surface area contributed by atoms with E-state index in [0.29, 0.717) is 18.4 Å². The molecule has 192 valence electrons. The van der Waals surface area contributed by atoms with Crippen molar-refractivity contribution in [1.29, 1.82) is 0 Å². The van der Waals surface area contributed by atoms with Gasteiger partial charge in [-0.05, 0) is 30.5 Å². The van der Waals surface area contributed by atoms with Gasteiger partial charge in [-0.2, -0.15) is 4.31 Å². The molecule has 35 heavy (non-hydrogen) atoms. The zero-order valence-electron chi connectivity index (χ0n) is 19.1. The van der Waals surface area contributed by atoms with Crippen LogP contribution in [0.25, 0.3) is 0 Å². The number of benzene rings is 1. The first-order chi connectivity index (χ1) is 16.6. The summed E-state index contributed by atoms with van der Waals surface area (Å²) in [6.07, 6.45) is 1.42. The lowest BCUT2D eigenvalue weighted by molar-refractivity contribution is -0.146. The number of aliphatic hydroxyl groups excluding tert-OH is 1. The van der Waals surface area contributed by atoms with Gasteiger partial charge in [-0.3, -0.25) is 4.79 Å². The molecule has 0 aliphatic carbocycles. The zero-order chi connectivity index (χ0) is 25.2. The number of hydrogen-bond donors (Lipinski definition) is 2. The van der Waals surface area contributed by atoms with E-state index in [9.17, 15) is 27.1 Å². The van der Waals surface area contributed by atoms with Crippen LogP contribution in [0.5, 0.6) is 0 Å². The van der Waals surface area contributed by atoms with Gasteiger partial charge in [0.25, 0.3) is 10.0 Å². The summed E-state index contributed by atoms with van der Waals surface area (Å²) in [4.78, 5) is 16.4. The van der Waals surface area contributed by atoms with Gasteiger partial charge in [0.2, 0.25) is 5.91 Å². The molecule has 2 N–H and O–H groups in total. The van der Waals surface area contributed by atoms with Crippen LogP contribution in [0.2, 0.25) is 0 Å². The van der Waals surface area contributed by atoms with E-state index in [4.69, 9.17) is 9.47 Å². The standard InChI is InChI=1S/C22H28F2N4O6S/c1-27-10-22(26-13-27)35(31,32)28-9-17(29)11-33-12-20-19(28)3-2-18(34-20)7-21(30)25-8-14-4-15(23)6-16(24)5-14/h4-6,10,13,17-20,29H,2-3,7-9,11-12H2,1H3,(H,25,30)/t17-,18+,19+,20-/m1/s1. The topological polar surface area (TPSA) is 123 Å². The number of amides is 1. The van der Waals surface area contributed by atoms with Crippen molar-refractivity contribution in [3.05, 3.63) is 47.9 Å². The van der Waals surface area contributed by atoms with E-state index in [1.807, 2.05) is 0 Å². The van der Waals surface area contributed by atoms with Gasteiger partial charge < -0.3 is 24.5 Å². The quantitative estimate of drug-likeness (QED) is 0.582. The number of aliphatic hydroxyl groups is 1. The highest BCUT2D eigenvalue weighted by Crippen LogP contribution is 2.31. The third-order valence-corrected chi connectivity index (χ3v) is 7.79. The molecule has 1 amide bonds. The maximum absolute atomic E-state index is 13.3. The summed E-state index contributed by atoms with van der Waals surface area (Å²) in [5.74, 6) is -1.82. The molecule has 0 spiro atoms. The van der Waals surface area contributed by atoms with Gasteiger partial charge in [0.05, 0.1) is 50.3 Å². The average Bonchev–Trinajstić information content (AvgIpc) is 3.22. The maximum Gasteiger partial charge on any atom is 0.262 e. The summed E-state index contributed by atoms with van der Waals surface area (Å²) in [5, 5.41) is 12.8. The molecule has 10 nitrogen and oxygen atoms in total. The van der Waals surface area contributed by atoms with Crippen molar-refractivity contribution in [3.8, 4) is 0 Å². The Morgan fingerprint density at radius 1 is 1.23 bits per heavy atom. The number of sulfonamides is 1. The molecule has 0 radical (unpaired) electrons. The highest BCUT2D eigenvalue weighted by molar-refractivity contribution is 7.89. The second-order valence-corrected chi connectivity index (χ2v) is 10.7. The number of β-amino-alcohol motifs (C(OH)–C–C–N with tert-alkyl or cyclic N) is 1. The van der Waals surface area contributed by atoms with E-state index in [-0.39, 0.29) is 43.7 Å².